The topological polar surface area (TPSA) is 45.4 Å². The Morgan fingerprint density at radius 3 is 2.42 bits per heavy atom. The molecule has 0 saturated carbocycles. The minimum Gasteiger partial charge on any atom is -0.439 e. The van der Waals surface area contributed by atoms with E-state index in [0.717, 1.165) is 36.5 Å². The van der Waals surface area contributed by atoms with E-state index in [9.17, 15) is 13.2 Å². The third-order valence-electron chi connectivity index (χ3n) is 4.47. The molecule has 0 unspecified atom stereocenters. The summed E-state index contributed by atoms with van der Waals surface area (Å²) >= 11 is 0. The molecule has 1 aromatic carbocycles. The van der Waals surface area contributed by atoms with Crippen LogP contribution >= 0.6 is 0 Å². The fraction of sp³-hybridized carbons (Fsp3) is 0.333. The highest BCUT2D eigenvalue weighted by atomic mass is 19.4. The molecule has 26 heavy (non-hydrogen) atoms. The van der Waals surface area contributed by atoms with E-state index < -0.39 is 11.7 Å². The van der Waals surface area contributed by atoms with Crippen molar-refractivity contribution in [2.75, 3.05) is 31.1 Å². The minimum absolute atomic E-state index is 0.569. The Balaban J connectivity index is 1.36. The zero-order valence-corrected chi connectivity index (χ0v) is 13.9. The number of oxazole rings is 1. The van der Waals surface area contributed by atoms with Crippen molar-refractivity contribution in [2.45, 2.75) is 12.7 Å². The number of hydrogen-bond acceptors (Lipinski definition) is 5. The summed E-state index contributed by atoms with van der Waals surface area (Å²) in [6.07, 6.45) is -3.47. The van der Waals surface area contributed by atoms with E-state index in [1.807, 2.05) is 29.2 Å². The molecule has 0 bridgehead atoms. The standard InChI is InChI=1S/C18H17F3N4O/c19-18(20,21)13-5-6-16(22-11-13)25-9-7-24(8-10-25)12-17-23-14-3-1-2-4-15(14)26-17/h1-6,11H,7-10,12H2. The van der Waals surface area contributed by atoms with Gasteiger partial charge in [-0.05, 0) is 24.3 Å². The van der Waals surface area contributed by atoms with Crippen LogP contribution in [0.3, 0.4) is 0 Å². The average Bonchev–Trinajstić information content (AvgIpc) is 3.04. The third kappa shape index (κ3) is 3.50. The Labute approximate surface area is 148 Å². The first-order valence-corrected chi connectivity index (χ1v) is 8.34. The van der Waals surface area contributed by atoms with Crippen molar-refractivity contribution in [1.82, 2.24) is 14.9 Å². The molecule has 0 amide bonds. The predicted molar refractivity (Wildman–Crippen MR) is 90.7 cm³/mol. The number of nitrogens with zero attached hydrogens (tertiary/aromatic N) is 4. The maximum absolute atomic E-state index is 12.6. The van der Waals surface area contributed by atoms with E-state index in [-0.39, 0.29) is 0 Å². The summed E-state index contributed by atoms with van der Waals surface area (Å²) in [5.74, 6) is 1.24. The summed E-state index contributed by atoms with van der Waals surface area (Å²) in [7, 11) is 0. The summed E-state index contributed by atoms with van der Waals surface area (Å²) < 4.78 is 43.6. The largest absolute Gasteiger partial charge is 0.439 e. The monoisotopic (exact) mass is 362 g/mol. The van der Waals surface area contributed by atoms with Crippen LogP contribution in [-0.2, 0) is 12.7 Å². The summed E-state index contributed by atoms with van der Waals surface area (Å²) in [5, 5.41) is 0. The van der Waals surface area contributed by atoms with Crippen LogP contribution in [0.1, 0.15) is 11.5 Å². The molecule has 0 aliphatic carbocycles. The van der Waals surface area contributed by atoms with Crippen molar-refractivity contribution in [3.63, 3.8) is 0 Å². The summed E-state index contributed by atoms with van der Waals surface area (Å²) in [6.45, 7) is 3.53. The second-order valence-corrected chi connectivity index (χ2v) is 6.24. The van der Waals surface area contributed by atoms with E-state index in [1.54, 1.807) is 0 Å². The van der Waals surface area contributed by atoms with E-state index >= 15 is 0 Å². The molecule has 4 rings (SSSR count). The van der Waals surface area contributed by atoms with Crippen LogP contribution in [-0.4, -0.2) is 41.0 Å². The Morgan fingerprint density at radius 2 is 1.77 bits per heavy atom. The van der Waals surface area contributed by atoms with E-state index in [0.29, 0.717) is 31.3 Å². The van der Waals surface area contributed by atoms with Gasteiger partial charge in [-0.1, -0.05) is 12.1 Å². The van der Waals surface area contributed by atoms with Gasteiger partial charge in [-0.25, -0.2) is 9.97 Å². The fourth-order valence-electron chi connectivity index (χ4n) is 3.05. The zero-order valence-electron chi connectivity index (χ0n) is 13.9. The zero-order chi connectivity index (χ0) is 18.1. The van der Waals surface area contributed by atoms with Crippen LogP contribution in [0.15, 0.2) is 47.0 Å². The summed E-state index contributed by atoms with van der Waals surface area (Å²) in [4.78, 5) is 12.6. The van der Waals surface area contributed by atoms with Gasteiger partial charge in [-0.2, -0.15) is 13.2 Å². The van der Waals surface area contributed by atoms with Crippen LogP contribution in [0.4, 0.5) is 19.0 Å². The summed E-state index contributed by atoms with van der Waals surface area (Å²) in [5.41, 5.74) is 0.890. The molecule has 0 spiro atoms. The molecule has 8 heteroatoms. The van der Waals surface area contributed by atoms with Crippen molar-refractivity contribution in [3.05, 3.63) is 54.0 Å². The molecule has 136 valence electrons. The molecule has 1 aliphatic heterocycles. The first-order chi connectivity index (χ1) is 12.5. The van der Waals surface area contributed by atoms with Gasteiger partial charge in [0.2, 0.25) is 5.89 Å². The van der Waals surface area contributed by atoms with Gasteiger partial charge in [0.25, 0.3) is 0 Å². The molecule has 3 heterocycles. The van der Waals surface area contributed by atoms with Crippen LogP contribution in [0.25, 0.3) is 11.1 Å². The van der Waals surface area contributed by atoms with Crippen molar-refractivity contribution in [1.29, 1.82) is 0 Å². The Hall–Kier alpha value is -2.61. The van der Waals surface area contributed by atoms with Crippen molar-refractivity contribution >= 4 is 16.9 Å². The molecule has 1 fully saturated rings. The molecule has 2 aromatic heterocycles. The van der Waals surface area contributed by atoms with Gasteiger partial charge in [0.05, 0.1) is 12.1 Å². The van der Waals surface area contributed by atoms with Gasteiger partial charge in [0.15, 0.2) is 5.58 Å². The first-order valence-electron chi connectivity index (χ1n) is 8.34. The number of benzene rings is 1. The lowest BCUT2D eigenvalue weighted by Crippen LogP contribution is -2.46. The maximum atomic E-state index is 12.6. The molecule has 5 nitrogen and oxygen atoms in total. The van der Waals surface area contributed by atoms with Crippen LogP contribution < -0.4 is 4.90 Å². The number of rotatable bonds is 3. The van der Waals surface area contributed by atoms with Gasteiger partial charge in [-0.15, -0.1) is 0 Å². The smallest absolute Gasteiger partial charge is 0.417 e. The lowest BCUT2D eigenvalue weighted by molar-refractivity contribution is -0.137. The van der Waals surface area contributed by atoms with Crippen LogP contribution in [0.5, 0.6) is 0 Å². The number of piperazine rings is 1. The Kier molecular flexibility index (Phi) is 4.28. The molecule has 0 N–H and O–H groups in total. The Bertz CT molecular complexity index is 850. The highest BCUT2D eigenvalue weighted by Crippen LogP contribution is 2.29. The first kappa shape index (κ1) is 16.8. The highest BCUT2D eigenvalue weighted by molar-refractivity contribution is 5.72. The minimum atomic E-state index is -4.36. The van der Waals surface area contributed by atoms with E-state index in [1.165, 1.54) is 6.07 Å². The normalized spacial score (nSPS) is 16.3. The van der Waals surface area contributed by atoms with Crippen molar-refractivity contribution in [3.8, 4) is 0 Å². The number of fused-ring (bicyclic) bond motifs is 1. The van der Waals surface area contributed by atoms with Gasteiger partial charge >= 0.3 is 6.18 Å². The lowest BCUT2D eigenvalue weighted by atomic mass is 10.2. The molecular weight excluding hydrogens is 345 g/mol. The second kappa shape index (κ2) is 6.60. The Morgan fingerprint density at radius 1 is 1.00 bits per heavy atom. The van der Waals surface area contributed by atoms with Gasteiger partial charge < -0.3 is 9.32 Å². The number of para-hydroxylation sites is 2. The van der Waals surface area contributed by atoms with Crippen LogP contribution in [0, 0.1) is 0 Å². The molecule has 0 atom stereocenters. The number of halogens is 3. The van der Waals surface area contributed by atoms with Crippen LogP contribution in [0.2, 0.25) is 0 Å². The SMILES string of the molecule is FC(F)(F)c1ccc(N2CCN(Cc3nc4ccccc4o3)CC2)nc1. The molecular formula is C18H17F3N4O. The van der Waals surface area contributed by atoms with Crippen molar-refractivity contribution in [2.24, 2.45) is 0 Å². The van der Waals surface area contributed by atoms with Crippen molar-refractivity contribution < 1.29 is 17.6 Å². The predicted octanol–water partition coefficient (Wildman–Crippen LogP) is 3.56. The maximum Gasteiger partial charge on any atom is 0.417 e. The molecule has 1 saturated heterocycles. The number of hydrogen-bond donors (Lipinski definition) is 0. The van der Waals surface area contributed by atoms with Gasteiger partial charge in [0.1, 0.15) is 11.3 Å². The van der Waals surface area contributed by atoms with E-state index in [4.69, 9.17) is 4.42 Å². The number of aromatic nitrogens is 2. The second-order valence-electron chi connectivity index (χ2n) is 6.24. The third-order valence-corrected chi connectivity index (χ3v) is 4.47. The molecule has 1 aliphatic rings. The molecule has 0 radical (unpaired) electrons. The summed E-state index contributed by atoms with van der Waals surface area (Å²) in [6, 6.07) is 10.1. The van der Waals surface area contributed by atoms with Gasteiger partial charge in [-0.3, -0.25) is 4.90 Å². The number of alkyl halides is 3. The van der Waals surface area contributed by atoms with E-state index in [2.05, 4.69) is 14.9 Å². The molecule has 3 aromatic rings. The fourth-order valence-corrected chi connectivity index (χ4v) is 3.05. The highest BCUT2D eigenvalue weighted by Gasteiger charge is 2.31. The lowest BCUT2D eigenvalue weighted by Gasteiger charge is -2.34. The quantitative estimate of drug-likeness (QED) is 0.713. The van der Waals surface area contributed by atoms with Gasteiger partial charge in [0, 0.05) is 32.4 Å². The average molecular weight is 362 g/mol. The number of anilines is 1. The number of pyridine rings is 1.